The third-order valence-corrected chi connectivity index (χ3v) is 12.2. The van der Waals surface area contributed by atoms with E-state index < -0.39 is 0 Å². The second kappa shape index (κ2) is 13.4. The lowest BCUT2D eigenvalue weighted by molar-refractivity contribution is 1.10. The molecule has 12 aromatic rings. The molecule has 11 aromatic carbocycles. The lowest BCUT2D eigenvalue weighted by atomic mass is 9.85. The van der Waals surface area contributed by atoms with Crippen molar-refractivity contribution in [3.63, 3.8) is 0 Å². The summed E-state index contributed by atoms with van der Waals surface area (Å²) in [4.78, 5) is 5.13. The summed E-state index contributed by atoms with van der Waals surface area (Å²) in [6, 6.07) is 79.6. The van der Waals surface area contributed by atoms with E-state index in [0.29, 0.717) is 0 Å². The molecule has 0 aliphatic heterocycles. The highest BCUT2D eigenvalue weighted by Crippen LogP contribution is 2.45. The minimum atomic E-state index is 0.932. The molecule has 0 aliphatic carbocycles. The van der Waals surface area contributed by atoms with E-state index in [9.17, 15) is 0 Å². The molecule has 0 radical (unpaired) electrons. The summed E-state index contributed by atoms with van der Waals surface area (Å²) in [7, 11) is 0. The van der Waals surface area contributed by atoms with Crippen LogP contribution in [0.3, 0.4) is 0 Å². The maximum atomic E-state index is 5.13. The number of nitrogens with zero attached hydrogens (tertiary/aromatic N) is 2. The molecule has 2 nitrogen and oxygen atoms in total. The van der Waals surface area contributed by atoms with Crippen molar-refractivity contribution in [2.75, 3.05) is 0 Å². The van der Waals surface area contributed by atoms with Gasteiger partial charge in [0.2, 0.25) is 0 Å². The van der Waals surface area contributed by atoms with Crippen LogP contribution in [-0.2, 0) is 0 Å². The zero-order chi connectivity index (χ0) is 38.9. The van der Waals surface area contributed by atoms with Crippen LogP contribution in [0.5, 0.6) is 0 Å². The third-order valence-electron chi connectivity index (χ3n) is 12.2. The second-order valence-electron chi connectivity index (χ2n) is 15.5. The molecule has 274 valence electrons. The molecule has 1 heterocycles. The van der Waals surface area contributed by atoms with Crippen molar-refractivity contribution in [1.29, 1.82) is 0 Å². The van der Waals surface area contributed by atoms with Crippen LogP contribution >= 0.6 is 0 Å². The van der Waals surface area contributed by atoms with Crippen LogP contribution < -0.4 is 0 Å². The van der Waals surface area contributed by atoms with Crippen LogP contribution in [0, 0.1) is 0 Å². The largest absolute Gasteiger partial charge is 0.292 e. The molecule has 0 aliphatic rings. The SMILES string of the molecule is c1ccc(-n2c(-c3ccc(-c4ccc5c(c4)c(-c4cccc6ccccc46)cc4c6ccccc6c(-c6cccc7ccccc67)cc54)cc3)nc3ccccc32)cc1. The minimum Gasteiger partial charge on any atom is -0.292 e. The minimum absolute atomic E-state index is 0.932. The number of imidazole rings is 1. The molecule has 0 fully saturated rings. The van der Waals surface area contributed by atoms with Gasteiger partial charge in [-0.15, -0.1) is 0 Å². The molecule has 0 bridgehead atoms. The van der Waals surface area contributed by atoms with Crippen molar-refractivity contribution >= 4 is 64.9 Å². The van der Waals surface area contributed by atoms with Gasteiger partial charge in [0.05, 0.1) is 11.0 Å². The molecule has 2 heteroatoms. The second-order valence-corrected chi connectivity index (χ2v) is 15.5. The third kappa shape index (κ3) is 5.38. The van der Waals surface area contributed by atoms with Gasteiger partial charge >= 0.3 is 0 Å². The Bertz CT molecular complexity index is 3590. The number of fused-ring (bicyclic) bond motifs is 8. The normalized spacial score (nSPS) is 11.7. The molecule has 59 heavy (non-hydrogen) atoms. The van der Waals surface area contributed by atoms with E-state index in [1.165, 1.54) is 81.7 Å². The highest BCUT2D eigenvalue weighted by Gasteiger charge is 2.19. The Labute approximate surface area is 341 Å². The van der Waals surface area contributed by atoms with Crippen LogP contribution in [0.25, 0.3) is 115 Å². The fourth-order valence-electron chi connectivity index (χ4n) is 9.42. The first kappa shape index (κ1) is 33.3. The van der Waals surface area contributed by atoms with Gasteiger partial charge in [-0.25, -0.2) is 4.98 Å². The van der Waals surface area contributed by atoms with Crippen LogP contribution in [0.15, 0.2) is 218 Å². The quantitative estimate of drug-likeness (QED) is 0.160. The number of rotatable bonds is 5. The van der Waals surface area contributed by atoms with Crippen molar-refractivity contribution in [1.82, 2.24) is 9.55 Å². The Morgan fingerprint density at radius 3 is 1.49 bits per heavy atom. The van der Waals surface area contributed by atoms with Gasteiger partial charge in [0.25, 0.3) is 0 Å². The number of benzene rings is 11. The summed E-state index contributed by atoms with van der Waals surface area (Å²) in [5.74, 6) is 0.932. The molecule has 0 atom stereocenters. The van der Waals surface area contributed by atoms with E-state index in [-0.39, 0.29) is 0 Å². The molecule has 0 unspecified atom stereocenters. The number of hydrogen-bond acceptors (Lipinski definition) is 1. The summed E-state index contributed by atoms with van der Waals surface area (Å²) in [5, 5.41) is 12.5. The molecule has 0 N–H and O–H groups in total. The smallest absolute Gasteiger partial charge is 0.145 e. The van der Waals surface area contributed by atoms with E-state index in [2.05, 4.69) is 223 Å². The van der Waals surface area contributed by atoms with E-state index in [1.54, 1.807) is 0 Å². The van der Waals surface area contributed by atoms with Gasteiger partial charge in [-0.3, -0.25) is 4.57 Å². The van der Waals surface area contributed by atoms with Crippen LogP contribution in [0.1, 0.15) is 0 Å². The van der Waals surface area contributed by atoms with Crippen molar-refractivity contribution in [3.8, 4) is 50.5 Å². The maximum Gasteiger partial charge on any atom is 0.145 e. The van der Waals surface area contributed by atoms with E-state index >= 15 is 0 Å². The van der Waals surface area contributed by atoms with Crippen molar-refractivity contribution in [2.45, 2.75) is 0 Å². The number of aromatic nitrogens is 2. The van der Waals surface area contributed by atoms with Gasteiger partial charge in [0.15, 0.2) is 0 Å². The predicted octanol–water partition coefficient (Wildman–Crippen LogP) is 15.5. The molecule has 0 saturated heterocycles. The zero-order valence-corrected chi connectivity index (χ0v) is 32.2. The van der Waals surface area contributed by atoms with Gasteiger partial charge in [-0.05, 0) is 130 Å². The molecule has 0 saturated carbocycles. The zero-order valence-electron chi connectivity index (χ0n) is 32.2. The summed E-state index contributed by atoms with van der Waals surface area (Å²) in [5.41, 5.74) is 11.6. The summed E-state index contributed by atoms with van der Waals surface area (Å²) in [6.45, 7) is 0. The van der Waals surface area contributed by atoms with Gasteiger partial charge in [-0.1, -0.05) is 176 Å². The van der Waals surface area contributed by atoms with Crippen molar-refractivity contribution < 1.29 is 0 Å². The standard InChI is InChI=1S/C57H36N2/c1-2-18-42(19-3-1)59-56-27-11-10-26-55(56)58-57(59)40-30-28-37(29-31-40)41-32-33-49-50(34-41)52(46-25-13-17-39-15-5-7-21-44(39)46)36-53-48-23-9-8-22-47(48)51(35-54(49)53)45-24-12-16-38-14-4-6-20-43(38)45/h1-36H. The molecule has 0 amide bonds. The Morgan fingerprint density at radius 1 is 0.288 bits per heavy atom. The molecule has 0 spiro atoms. The monoisotopic (exact) mass is 748 g/mol. The maximum absolute atomic E-state index is 5.13. The molecule has 1 aromatic heterocycles. The lowest BCUT2D eigenvalue weighted by Gasteiger charge is -2.18. The summed E-state index contributed by atoms with van der Waals surface area (Å²) >= 11 is 0. The molecular formula is C57H36N2. The molecular weight excluding hydrogens is 713 g/mol. The fraction of sp³-hybridized carbons (Fsp3) is 0. The Balaban J connectivity index is 1.09. The van der Waals surface area contributed by atoms with Crippen LogP contribution in [0.4, 0.5) is 0 Å². The number of para-hydroxylation sites is 3. The van der Waals surface area contributed by atoms with Gasteiger partial charge in [-0.2, -0.15) is 0 Å². The fourth-order valence-corrected chi connectivity index (χ4v) is 9.42. The van der Waals surface area contributed by atoms with Crippen molar-refractivity contribution in [3.05, 3.63) is 218 Å². The van der Waals surface area contributed by atoms with Crippen LogP contribution in [0.2, 0.25) is 0 Å². The van der Waals surface area contributed by atoms with E-state index in [0.717, 1.165) is 33.7 Å². The Hall–Kier alpha value is -7.81. The topological polar surface area (TPSA) is 17.8 Å². The highest BCUT2D eigenvalue weighted by molar-refractivity contribution is 6.26. The predicted molar refractivity (Wildman–Crippen MR) is 250 cm³/mol. The van der Waals surface area contributed by atoms with E-state index in [1.807, 2.05) is 0 Å². The Morgan fingerprint density at radius 2 is 0.797 bits per heavy atom. The first-order valence-electron chi connectivity index (χ1n) is 20.3. The molecule has 12 rings (SSSR count). The average molecular weight is 749 g/mol. The highest BCUT2D eigenvalue weighted by atomic mass is 15.1. The van der Waals surface area contributed by atoms with E-state index in [4.69, 9.17) is 4.98 Å². The first-order valence-corrected chi connectivity index (χ1v) is 20.3. The van der Waals surface area contributed by atoms with Gasteiger partial charge < -0.3 is 0 Å². The lowest BCUT2D eigenvalue weighted by Crippen LogP contribution is -1.97. The summed E-state index contributed by atoms with van der Waals surface area (Å²) < 4.78 is 2.26. The first-order chi connectivity index (χ1) is 29.3. The van der Waals surface area contributed by atoms with Gasteiger partial charge in [0, 0.05) is 11.3 Å². The van der Waals surface area contributed by atoms with Crippen molar-refractivity contribution in [2.24, 2.45) is 0 Å². The van der Waals surface area contributed by atoms with Gasteiger partial charge in [0.1, 0.15) is 5.82 Å². The Kier molecular flexibility index (Phi) is 7.57. The number of hydrogen-bond donors (Lipinski definition) is 0. The summed E-state index contributed by atoms with van der Waals surface area (Å²) in [6.07, 6.45) is 0. The van der Waals surface area contributed by atoms with Crippen LogP contribution in [-0.4, -0.2) is 9.55 Å². The average Bonchev–Trinajstić information content (AvgIpc) is 3.71.